The van der Waals surface area contributed by atoms with Crippen LogP contribution in [-0.2, 0) is 4.79 Å². The van der Waals surface area contributed by atoms with Crippen molar-refractivity contribution in [3.05, 3.63) is 72.8 Å². The lowest BCUT2D eigenvalue weighted by molar-refractivity contribution is -0.131. The summed E-state index contributed by atoms with van der Waals surface area (Å²) in [5, 5.41) is 0. The molecule has 5 nitrogen and oxygen atoms in total. The molecule has 3 rings (SSSR count). The molecular weight excluding hydrogens is 332 g/mol. The zero-order valence-corrected chi connectivity index (χ0v) is 14.5. The number of carbonyl (C=O) groups is 1. The molecule has 26 heavy (non-hydrogen) atoms. The van der Waals surface area contributed by atoms with E-state index in [0.29, 0.717) is 28.7 Å². The van der Waals surface area contributed by atoms with E-state index in [1.54, 1.807) is 43.5 Å². The summed E-state index contributed by atoms with van der Waals surface area (Å²) in [4.78, 5) is 11.0. The van der Waals surface area contributed by atoms with Crippen molar-refractivity contribution in [1.29, 1.82) is 0 Å². The third kappa shape index (κ3) is 4.77. The summed E-state index contributed by atoms with van der Waals surface area (Å²) >= 11 is 0. The minimum atomic E-state index is -0.374. The molecule has 0 aliphatic rings. The van der Waals surface area contributed by atoms with E-state index in [-0.39, 0.29) is 5.97 Å². The van der Waals surface area contributed by atoms with Crippen LogP contribution in [0.4, 0.5) is 0 Å². The van der Waals surface area contributed by atoms with Crippen LogP contribution >= 0.6 is 0 Å². The third-order valence-electron chi connectivity index (χ3n) is 3.40. The maximum absolute atomic E-state index is 11.0. The third-order valence-corrected chi connectivity index (χ3v) is 3.40. The van der Waals surface area contributed by atoms with Gasteiger partial charge in [-0.1, -0.05) is 12.1 Å². The first-order valence-corrected chi connectivity index (χ1v) is 8.01. The van der Waals surface area contributed by atoms with Gasteiger partial charge in [-0.2, -0.15) is 0 Å². The smallest absolute Gasteiger partial charge is 0.308 e. The van der Waals surface area contributed by atoms with Crippen molar-refractivity contribution in [2.24, 2.45) is 0 Å². The molecule has 0 spiro atoms. The van der Waals surface area contributed by atoms with Crippen LogP contribution in [0.5, 0.6) is 34.5 Å². The highest BCUT2D eigenvalue weighted by Crippen LogP contribution is 2.29. The highest BCUT2D eigenvalue weighted by atomic mass is 16.5. The van der Waals surface area contributed by atoms with Crippen molar-refractivity contribution < 1.29 is 23.7 Å². The lowest BCUT2D eigenvalue weighted by Crippen LogP contribution is -2.01. The molecule has 0 atom stereocenters. The fourth-order valence-corrected chi connectivity index (χ4v) is 2.28. The Kier molecular flexibility index (Phi) is 5.39. The molecule has 0 unspecified atom stereocenters. The Labute approximate surface area is 151 Å². The molecule has 0 aromatic heterocycles. The molecule has 5 heteroatoms. The molecule has 0 amide bonds. The standard InChI is InChI=1S/C21H18O5/c1-15(22)24-19-6-4-8-21(14-19)26-17-11-9-16(10-12-17)25-20-7-3-5-18(13-20)23-2/h3-14H,1-2H3. The predicted octanol–water partition coefficient (Wildman–Crippen LogP) is 5.21. The molecule has 0 heterocycles. The van der Waals surface area contributed by atoms with Crippen LogP contribution in [-0.4, -0.2) is 13.1 Å². The molecule has 0 N–H and O–H groups in total. The van der Waals surface area contributed by atoms with Crippen molar-refractivity contribution in [3.8, 4) is 34.5 Å². The van der Waals surface area contributed by atoms with Crippen molar-refractivity contribution in [2.45, 2.75) is 6.92 Å². The number of hydrogen-bond donors (Lipinski definition) is 0. The van der Waals surface area contributed by atoms with Gasteiger partial charge in [0.15, 0.2) is 0 Å². The number of hydrogen-bond acceptors (Lipinski definition) is 5. The number of benzene rings is 3. The Morgan fingerprint density at radius 2 is 1.12 bits per heavy atom. The van der Waals surface area contributed by atoms with E-state index < -0.39 is 0 Å². The molecular formula is C21H18O5. The number of rotatable bonds is 6. The van der Waals surface area contributed by atoms with Crippen LogP contribution in [0, 0.1) is 0 Å². The molecule has 0 saturated heterocycles. The first-order chi connectivity index (χ1) is 12.6. The zero-order valence-electron chi connectivity index (χ0n) is 14.5. The fraction of sp³-hybridized carbons (Fsp3) is 0.0952. The van der Waals surface area contributed by atoms with Crippen molar-refractivity contribution >= 4 is 5.97 Å². The summed E-state index contributed by atoms with van der Waals surface area (Å²) < 4.78 is 21.8. The lowest BCUT2D eigenvalue weighted by Gasteiger charge is -2.10. The minimum Gasteiger partial charge on any atom is -0.497 e. The molecule has 0 aliphatic carbocycles. The summed E-state index contributed by atoms with van der Waals surface area (Å²) in [5.41, 5.74) is 0. The van der Waals surface area contributed by atoms with Crippen LogP contribution in [0.25, 0.3) is 0 Å². The van der Waals surface area contributed by atoms with Gasteiger partial charge in [0.1, 0.15) is 34.5 Å². The van der Waals surface area contributed by atoms with Gasteiger partial charge in [-0.3, -0.25) is 4.79 Å². The summed E-state index contributed by atoms with van der Waals surface area (Å²) in [6, 6.07) is 21.5. The molecule has 0 fully saturated rings. The first-order valence-electron chi connectivity index (χ1n) is 8.01. The van der Waals surface area contributed by atoms with E-state index in [1.807, 2.05) is 36.4 Å². The van der Waals surface area contributed by atoms with E-state index in [1.165, 1.54) is 6.92 Å². The van der Waals surface area contributed by atoms with Crippen LogP contribution in [0.3, 0.4) is 0 Å². The van der Waals surface area contributed by atoms with Gasteiger partial charge >= 0.3 is 5.97 Å². The Hall–Kier alpha value is -3.47. The second-order valence-electron chi connectivity index (χ2n) is 5.42. The second kappa shape index (κ2) is 8.07. The summed E-state index contributed by atoms with van der Waals surface area (Å²) in [7, 11) is 1.61. The summed E-state index contributed by atoms with van der Waals surface area (Å²) in [5.74, 6) is 3.38. The summed E-state index contributed by atoms with van der Waals surface area (Å²) in [6.45, 7) is 1.36. The molecule has 3 aromatic carbocycles. The van der Waals surface area contributed by atoms with Gasteiger partial charge in [0.25, 0.3) is 0 Å². The summed E-state index contributed by atoms with van der Waals surface area (Å²) in [6.07, 6.45) is 0. The second-order valence-corrected chi connectivity index (χ2v) is 5.42. The van der Waals surface area contributed by atoms with E-state index >= 15 is 0 Å². The van der Waals surface area contributed by atoms with E-state index in [4.69, 9.17) is 18.9 Å². The Morgan fingerprint density at radius 1 is 0.654 bits per heavy atom. The molecule has 0 saturated carbocycles. The van der Waals surface area contributed by atoms with Gasteiger partial charge in [-0.15, -0.1) is 0 Å². The topological polar surface area (TPSA) is 54.0 Å². The Morgan fingerprint density at radius 3 is 1.62 bits per heavy atom. The normalized spacial score (nSPS) is 10.1. The molecule has 0 bridgehead atoms. The number of ether oxygens (including phenoxy) is 4. The van der Waals surface area contributed by atoms with Gasteiger partial charge < -0.3 is 18.9 Å². The highest BCUT2D eigenvalue weighted by Gasteiger charge is 2.04. The zero-order chi connectivity index (χ0) is 18.4. The van der Waals surface area contributed by atoms with Gasteiger partial charge in [-0.05, 0) is 48.5 Å². The maximum Gasteiger partial charge on any atom is 0.308 e. The molecule has 3 aromatic rings. The van der Waals surface area contributed by atoms with Gasteiger partial charge in [-0.25, -0.2) is 0 Å². The Bertz CT molecular complexity index is 887. The van der Waals surface area contributed by atoms with Crippen LogP contribution in [0.15, 0.2) is 72.8 Å². The van der Waals surface area contributed by atoms with E-state index in [2.05, 4.69) is 0 Å². The number of esters is 1. The number of carbonyl (C=O) groups excluding carboxylic acids is 1. The maximum atomic E-state index is 11.0. The average molecular weight is 350 g/mol. The van der Waals surface area contributed by atoms with Crippen LogP contribution in [0.1, 0.15) is 6.92 Å². The minimum absolute atomic E-state index is 0.374. The van der Waals surface area contributed by atoms with Gasteiger partial charge in [0.05, 0.1) is 7.11 Å². The van der Waals surface area contributed by atoms with Gasteiger partial charge in [0.2, 0.25) is 0 Å². The highest BCUT2D eigenvalue weighted by molar-refractivity contribution is 5.69. The number of methoxy groups -OCH3 is 1. The monoisotopic (exact) mass is 350 g/mol. The molecule has 0 radical (unpaired) electrons. The van der Waals surface area contributed by atoms with Crippen LogP contribution in [0.2, 0.25) is 0 Å². The quantitative estimate of drug-likeness (QED) is 0.451. The van der Waals surface area contributed by atoms with E-state index in [0.717, 1.165) is 5.75 Å². The van der Waals surface area contributed by atoms with Crippen molar-refractivity contribution in [1.82, 2.24) is 0 Å². The van der Waals surface area contributed by atoms with E-state index in [9.17, 15) is 4.79 Å². The fourth-order valence-electron chi connectivity index (χ4n) is 2.28. The SMILES string of the molecule is COc1cccc(Oc2ccc(Oc3cccc(OC(C)=O)c3)cc2)c1. The van der Waals surface area contributed by atoms with Crippen molar-refractivity contribution in [3.63, 3.8) is 0 Å². The average Bonchev–Trinajstić information content (AvgIpc) is 2.63. The van der Waals surface area contributed by atoms with Gasteiger partial charge in [0, 0.05) is 19.1 Å². The molecule has 0 aliphatic heterocycles. The largest absolute Gasteiger partial charge is 0.497 e. The predicted molar refractivity (Wildman–Crippen MR) is 97.3 cm³/mol. The lowest BCUT2D eigenvalue weighted by atomic mass is 10.3. The van der Waals surface area contributed by atoms with Crippen LogP contribution < -0.4 is 18.9 Å². The Balaban J connectivity index is 1.67. The molecule has 132 valence electrons. The first kappa shape index (κ1) is 17.4. The van der Waals surface area contributed by atoms with Crippen molar-refractivity contribution in [2.75, 3.05) is 7.11 Å².